The van der Waals surface area contributed by atoms with Gasteiger partial charge in [0, 0.05) is 109 Å². The van der Waals surface area contributed by atoms with Crippen molar-refractivity contribution in [3.05, 3.63) is 0 Å². The third-order valence-electron chi connectivity index (χ3n) is 15.5. The normalized spacial score (nSPS) is 14.7. The molecule has 1 saturated heterocycles. The second kappa shape index (κ2) is 56.7. The fourth-order valence-electron chi connectivity index (χ4n) is 9.97. The summed E-state index contributed by atoms with van der Waals surface area (Å²) < 4.78 is 26.8. The number of ether oxygens (including phenoxy) is 5. The summed E-state index contributed by atoms with van der Waals surface area (Å²) >= 11 is 0. The average Bonchev–Trinajstić information content (AvgIpc) is 3.51. The summed E-state index contributed by atoms with van der Waals surface area (Å²) in [4.78, 5) is 70.0. The number of aliphatic hydroxyl groups is 4. The van der Waals surface area contributed by atoms with E-state index in [1.54, 1.807) is 0 Å². The molecule has 4 unspecified atom stereocenters. The SMILES string of the molecule is CCCCOC(=O)CCCCCCC(O)CN(CCCCSSCCN1CCN(CCOC(=O)CCCN(CC(O)CCCCC(=O)OCCC(C)C)CC(O)CCCCC(=O)OCCC(C)C)CC1)CC(O)CCCCCCC(=O)OCCCC. The Hall–Kier alpha value is -2.27. The fraction of sp³-hybridized carbons (Fsp3) is 0.924. The lowest BCUT2D eigenvalue weighted by atomic mass is 10.1. The Morgan fingerprint density at radius 3 is 1.10 bits per heavy atom. The number of carbonyl (C=O) groups excluding carboxylic acids is 5. The van der Waals surface area contributed by atoms with Gasteiger partial charge in [0.1, 0.15) is 6.61 Å². The van der Waals surface area contributed by atoms with Crippen LogP contribution in [0.4, 0.5) is 0 Å². The van der Waals surface area contributed by atoms with Gasteiger partial charge >= 0.3 is 29.8 Å². The molecule has 1 aliphatic heterocycles. The van der Waals surface area contributed by atoms with Crippen LogP contribution in [0, 0.1) is 11.8 Å². The zero-order valence-electron chi connectivity index (χ0n) is 55.1. The standard InChI is InChI=1S/C66H126N4O14S2/c1-7-9-45-80-62(75)30-17-13-11-15-26-58(71)52-69(53-59(72)27-16-12-14-18-31-63(76)81-46-10-8-2)37-23-24-50-85-86-51-44-68-41-39-67(40-42-68)43-49-84-66(79)34-25-38-70(54-60(73)28-19-21-32-64(77)82-47-35-56(3)4)55-61(74)29-20-22-33-65(78)83-48-36-57(5)6/h56-61,71-74H,7-55H2,1-6H3. The number of nitrogens with zero attached hydrogens (tertiary/aromatic N) is 4. The minimum atomic E-state index is -0.649. The number of hydrogen-bond acceptors (Lipinski definition) is 20. The zero-order valence-corrected chi connectivity index (χ0v) is 56.7. The second-order valence-corrected chi connectivity index (χ2v) is 27.5. The predicted molar refractivity (Wildman–Crippen MR) is 349 cm³/mol. The molecular weight excluding hydrogens is 1140 g/mol. The maximum Gasteiger partial charge on any atom is 0.305 e. The fourth-order valence-corrected chi connectivity index (χ4v) is 12.1. The molecule has 0 aliphatic carbocycles. The highest BCUT2D eigenvalue weighted by Crippen LogP contribution is 2.23. The first-order valence-corrected chi connectivity index (χ1v) is 36.6. The summed E-state index contributed by atoms with van der Waals surface area (Å²) in [7, 11) is 3.83. The molecule has 0 saturated carbocycles. The molecule has 20 heteroatoms. The number of piperazine rings is 1. The lowest BCUT2D eigenvalue weighted by Crippen LogP contribution is -2.47. The van der Waals surface area contributed by atoms with E-state index in [-0.39, 0.29) is 36.3 Å². The molecule has 0 aromatic heterocycles. The first kappa shape index (κ1) is 81.7. The Bertz CT molecular complexity index is 1570. The van der Waals surface area contributed by atoms with Crippen molar-refractivity contribution in [3.8, 4) is 0 Å². The van der Waals surface area contributed by atoms with Crippen molar-refractivity contribution in [2.75, 3.05) is 123 Å². The van der Waals surface area contributed by atoms with Crippen molar-refractivity contribution in [1.82, 2.24) is 19.6 Å². The van der Waals surface area contributed by atoms with Crippen LogP contribution >= 0.6 is 21.6 Å². The third kappa shape index (κ3) is 52.5. The van der Waals surface area contributed by atoms with Crippen LogP contribution in [0.5, 0.6) is 0 Å². The molecule has 506 valence electrons. The number of rotatable bonds is 60. The van der Waals surface area contributed by atoms with Crippen LogP contribution in [0.15, 0.2) is 0 Å². The molecule has 0 aromatic rings. The Labute approximate surface area is 530 Å². The quantitative estimate of drug-likeness (QED) is 0.0192. The van der Waals surface area contributed by atoms with Crippen LogP contribution in [0.2, 0.25) is 0 Å². The summed E-state index contributed by atoms with van der Waals surface area (Å²) in [5.41, 5.74) is 0. The molecule has 0 aromatic carbocycles. The lowest BCUT2D eigenvalue weighted by Gasteiger charge is -2.34. The Morgan fingerprint density at radius 2 is 0.698 bits per heavy atom. The van der Waals surface area contributed by atoms with Crippen LogP contribution < -0.4 is 0 Å². The van der Waals surface area contributed by atoms with Crippen molar-refractivity contribution in [2.24, 2.45) is 11.8 Å². The molecule has 0 spiro atoms. The van der Waals surface area contributed by atoms with Crippen molar-refractivity contribution in [2.45, 2.75) is 259 Å². The second-order valence-electron chi connectivity index (χ2n) is 24.8. The highest BCUT2D eigenvalue weighted by Gasteiger charge is 2.21. The van der Waals surface area contributed by atoms with Crippen molar-refractivity contribution in [1.29, 1.82) is 0 Å². The van der Waals surface area contributed by atoms with Gasteiger partial charge in [-0.1, -0.05) is 127 Å². The molecule has 1 fully saturated rings. The van der Waals surface area contributed by atoms with E-state index >= 15 is 0 Å². The number of unbranched alkanes of at least 4 members (excludes halogenated alkanes) is 11. The predicted octanol–water partition coefficient (Wildman–Crippen LogP) is 10.8. The Balaban J connectivity index is 2.44. The van der Waals surface area contributed by atoms with Gasteiger partial charge in [0.15, 0.2) is 0 Å². The van der Waals surface area contributed by atoms with E-state index in [2.05, 4.69) is 56.2 Å². The molecule has 1 aliphatic rings. The van der Waals surface area contributed by atoms with E-state index < -0.39 is 24.4 Å². The molecule has 4 atom stereocenters. The van der Waals surface area contributed by atoms with Gasteiger partial charge in [0.05, 0.1) is 50.8 Å². The summed E-state index contributed by atoms with van der Waals surface area (Å²) in [5.74, 6) is 2.11. The summed E-state index contributed by atoms with van der Waals surface area (Å²) in [6, 6.07) is 0. The summed E-state index contributed by atoms with van der Waals surface area (Å²) in [6.45, 7) is 23.3. The molecule has 1 rings (SSSR count). The van der Waals surface area contributed by atoms with E-state index in [9.17, 15) is 44.4 Å². The number of aliphatic hydroxyl groups excluding tert-OH is 4. The van der Waals surface area contributed by atoms with Gasteiger partial charge < -0.3 is 44.1 Å². The van der Waals surface area contributed by atoms with Crippen LogP contribution in [0.25, 0.3) is 0 Å². The van der Waals surface area contributed by atoms with E-state index in [4.69, 9.17) is 23.7 Å². The smallest absolute Gasteiger partial charge is 0.305 e. The van der Waals surface area contributed by atoms with E-state index in [0.717, 1.165) is 154 Å². The van der Waals surface area contributed by atoms with Crippen LogP contribution in [-0.2, 0) is 47.7 Å². The van der Waals surface area contributed by atoms with Gasteiger partial charge in [-0.3, -0.25) is 43.6 Å². The average molecular weight is 1260 g/mol. The van der Waals surface area contributed by atoms with Gasteiger partial charge in [-0.25, -0.2) is 0 Å². The van der Waals surface area contributed by atoms with E-state index in [1.165, 1.54) is 0 Å². The number of hydrogen-bond donors (Lipinski definition) is 4. The highest BCUT2D eigenvalue weighted by atomic mass is 33.1. The van der Waals surface area contributed by atoms with Crippen LogP contribution in [0.1, 0.15) is 234 Å². The number of esters is 5. The van der Waals surface area contributed by atoms with Gasteiger partial charge in [-0.15, -0.1) is 0 Å². The maximum absolute atomic E-state index is 12.9. The van der Waals surface area contributed by atoms with Crippen molar-refractivity contribution >= 4 is 51.4 Å². The van der Waals surface area contributed by atoms with Gasteiger partial charge in [-0.2, -0.15) is 0 Å². The molecule has 4 N–H and O–H groups in total. The zero-order chi connectivity index (χ0) is 63.3. The largest absolute Gasteiger partial charge is 0.466 e. The molecule has 86 heavy (non-hydrogen) atoms. The monoisotopic (exact) mass is 1260 g/mol. The van der Waals surface area contributed by atoms with E-state index in [1.807, 2.05) is 26.5 Å². The topological polar surface area (TPSA) is 225 Å². The molecular formula is C66H126N4O14S2. The van der Waals surface area contributed by atoms with Crippen molar-refractivity contribution in [3.63, 3.8) is 0 Å². The third-order valence-corrected chi connectivity index (χ3v) is 18.0. The Morgan fingerprint density at radius 1 is 0.372 bits per heavy atom. The lowest BCUT2D eigenvalue weighted by molar-refractivity contribution is -0.145. The summed E-state index contributed by atoms with van der Waals surface area (Å²) in [5, 5.41) is 44.0. The number of carbonyl (C=O) groups is 5. The van der Waals surface area contributed by atoms with Gasteiger partial charge in [0.25, 0.3) is 0 Å². The minimum absolute atomic E-state index is 0.119. The first-order chi connectivity index (χ1) is 41.5. The highest BCUT2D eigenvalue weighted by molar-refractivity contribution is 8.76. The minimum Gasteiger partial charge on any atom is -0.466 e. The van der Waals surface area contributed by atoms with Gasteiger partial charge in [0.2, 0.25) is 0 Å². The molecule has 0 amide bonds. The molecule has 18 nitrogen and oxygen atoms in total. The molecule has 1 heterocycles. The maximum atomic E-state index is 12.9. The Kier molecular flexibility index (Phi) is 53.9. The molecule has 0 bridgehead atoms. The van der Waals surface area contributed by atoms with Gasteiger partial charge in [-0.05, 0) is 121 Å². The van der Waals surface area contributed by atoms with Crippen LogP contribution in [0.3, 0.4) is 0 Å². The first-order valence-electron chi connectivity index (χ1n) is 34.1. The summed E-state index contributed by atoms with van der Waals surface area (Å²) in [6.07, 6.45) is 19.8. The molecule has 0 radical (unpaired) electrons. The van der Waals surface area contributed by atoms with Crippen molar-refractivity contribution < 1.29 is 68.1 Å². The van der Waals surface area contributed by atoms with E-state index in [0.29, 0.717) is 168 Å². The van der Waals surface area contributed by atoms with Crippen LogP contribution in [-0.4, -0.2) is 217 Å².